The molecule has 1 aromatic carbocycles. The summed E-state index contributed by atoms with van der Waals surface area (Å²) in [5, 5.41) is 7.41. The van der Waals surface area contributed by atoms with Crippen molar-refractivity contribution < 1.29 is 0 Å². The van der Waals surface area contributed by atoms with Crippen LogP contribution in [-0.2, 0) is 0 Å². The van der Waals surface area contributed by atoms with Gasteiger partial charge in [0, 0.05) is 24.8 Å². The van der Waals surface area contributed by atoms with Crippen molar-refractivity contribution in [3.8, 4) is 0 Å². The highest BCUT2D eigenvalue weighted by molar-refractivity contribution is 5.95. The zero-order valence-corrected chi connectivity index (χ0v) is 10.3. The predicted octanol–water partition coefficient (Wildman–Crippen LogP) is 2.45. The van der Waals surface area contributed by atoms with Gasteiger partial charge in [-0.3, -0.25) is 5.41 Å². The summed E-state index contributed by atoms with van der Waals surface area (Å²) in [5.41, 5.74) is 7.38. The maximum Gasteiger partial charge on any atom is 0.122 e. The Kier molecular flexibility index (Phi) is 4.35. The van der Waals surface area contributed by atoms with Gasteiger partial charge in [0.2, 0.25) is 0 Å². The molecule has 0 aliphatic heterocycles. The van der Waals surface area contributed by atoms with Gasteiger partial charge in [0.1, 0.15) is 5.84 Å². The van der Waals surface area contributed by atoms with Gasteiger partial charge < -0.3 is 10.6 Å². The number of amidine groups is 1. The third-order valence-corrected chi connectivity index (χ3v) is 2.88. The van der Waals surface area contributed by atoms with Crippen molar-refractivity contribution in [3.05, 3.63) is 29.8 Å². The first-order valence-electron chi connectivity index (χ1n) is 5.70. The smallest absolute Gasteiger partial charge is 0.122 e. The van der Waals surface area contributed by atoms with Gasteiger partial charge in [-0.2, -0.15) is 0 Å². The average Bonchev–Trinajstić information content (AvgIpc) is 2.28. The van der Waals surface area contributed by atoms with Crippen LogP contribution in [0.3, 0.4) is 0 Å². The van der Waals surface area contributed by atoms with E-state index in [0.29, 0.717) is 5.92 Å². The maximum atomic E-state index is 7.41. The summed E-state index contributed by atoms with van der Waals surface area (Å²) >= 11 is 0. The molecule has 0 fully saturated rings. The first kappa shape index (κ1) is 12.6. The molecule has 0 spiro atoms. The van der Waals surface area contributed by atoms with Crippen molar-refractivity contribution in [2.75, 3.05) is 18.5 Å². The lowest BCUT2D eigenvalue weighted by molar-refractivity contribution is 0.560. The largest absolute Gasteiger partial charge is 0.384 e. The topological polar surface area (TPSA) is 53.1 Å². The van der Waals surface area contributed by atoms with Crippen molar-refractivity contribution in [2.24, 2.45) is 11.7 Å². The van der Waals surface area contributed by atoms with Gasteiger partial charge in [0.25, 0.3) is 0 Å². The van der Waals surface area contributed by atoms with E-state index in [1.54, 1.807) is 0 Å². The van der Waals surface area contributed by atoms with Gasteiger partial charge in [-0.15, -0.1) is 0 Å². The summed E-state index contributed by atoms with van der Waals surface area (Å²) in [6.45, 7) is 5.47. The van der Waals surface area contributed by atoms with Crippen molar-refractivity contribution in [2.45, 2.75) is 20.3 Å². The molecule has 0 aromatic heterocycles. The van der Waals surface area contributed by atoms with Crippen LogP contribution >= 0.6 is 0 Å². The van der Waals surface area contributed by atoms with Crippen molar-refractivity contribution in [3.63, 3.8) is 0 Å². The molecule has 0 aliphatic rings. The Hall–Kier alpha value is -1.51. The Morgan fingerprint density at radius 2 is 2.19 bits per heavy atom. The summed E-state index contributed by atoms with van der Waals surface area (Å²) in [4.78, 5) is 2.21. The number of hydrogen-bond acceptors (Lipinski definition) is 2. The fourth-order valence-corrected chi connectivity index (χ4v) is 1.61. The summed E-state index contributed by atoms with van der Waals surface area (Å²) < 4.78 is 0. The van der Waals surface area contributed by atoms with E-state index in [4.69, 9.17) is 11.1 Å². The molecule has 0 aliphatic carbocycles. The molecule has 0 radical (unpaired) electrons. The molecule has 0 bridgehead atoms. The van der Waals surface area contributed by atoms with E-state index in [1.807, 2.05) is 18.2 Å². The zero-order valence-electron chi connectivity index (χ0n) is 10.3. The van der Waals surface area contributed by atoms with E-state index in [9.17, 15) is 0 Å². The molecule has 0 saturated heterocycles. The molecule has 0 saturated carbocycles. The number of nitrogen functional groups attached to an aromatic ring is 1. The van der Waals surface area contributed by atoms with Crippen LogP contribution in [-0.4, -0.2) is 19.4 Å². The second-order valence-corrected chi connectivity index (χ2v) is 4.36. The molecular weight excluding hydrogens is 198 g/mol. The molecule has 0 heterocycles. The molecule has 1 atom stereocenters. The lowest BCUT2D eigenvalue weighted by atomic mass is 10.1. The van der Waals surface area contributed by atoms with Crippen LogP contribution in [0.5, 0.6) is 0 Å². The average molecular weight is 219 g/mol. The number of nitrogens with zero attached hydrogens (tertiary/aromatic N) is 1. The minimum atomic E-state index is 0.124. The highest BCUT2D eigenvalue weighted by atomic mass is 15.1. The predicted molar refractivity (Wildman–Crippen MR) is 70.2 cm³/mol. The fraction of sp³-hybridized carbons (Fsp3) is 0.462. The molecule has 3 heteroatoms. The van der Waals surface area contributed by atoms with E-state index in [0.717, 1.165) is 17.8 Å². The quantitative estimate of drug-likeness (QED) is 0.590. The second kappa shape index (κ2) is 5.54. The highest BCUT2D eigenvalue weighted by Gasteiger charge is 2.06. The van der Waals surface area contributed by atoms with E-state index in [-0.39, 0.29) is 5.84 Å². The van der Waals surface area contributed by atoms with E-state index in [2.05, 4.69) is 31.9 Å². The van der Waals surface area contributed by atoms with Gasteiger partial charge in [-0.1, -0.05) is 32.4 Å². The molecule has 3 N–H and O–H groups in total. The minimum Gasteiger partial charge on any atom is -0.384 e. The molecule has 1 aromatic rings. The Balaban J connectivity index is 2.79. The summed E-state index contributed by atoms with van der Waals surface area (Å²) in [5.74, 6) is 0.796. The number of anilines is 1. The Labute approximate surface area is 97.8 Å². The second-order valence-electron chi connectivity index (χ2n) is 4.36. The molecular formula is C13H21N3. The van der Waals surface area contributed by atoms with Crippen molar-refractivity contribution in [1.82, 2.24) is 0 Å². The number of rotatable bonds is 5. The van der Waals surface area contributed by atoms with Gasteiger partial charge in [-0.05, 0) is 18.1 Å². The number of benzene rings is 1. The lowest BCUT2D eigenvalue weighted by Gasteiger charge is -2.23. The van der Waals surface area contributed by atoms with Gasteiger partial charge >= 0.3 is 0 Å². The summed E-state index contributed by atoms with van der Waals surface area (Å²) in [7, 11) is 2.07. The Bertz CT molecular complexity index is 360. The maximum absolute atomic E-state index is 7.41. The summed E-state index contributed by atoms with van der Waals surface area (Å²) in [6, 6.07) is 7.82. The minimum absolute atomic E-state index is 0.124. The van der Waals surface area contributed by atoms with E-state index >= 15 is 0 Å². The van der Waals surface area contributed by atoms with Crippen molar-refractivity contribution >= 4 is 11.5 Å². The zero-order chi connectivity index (χ0) is 12.1. The van der Waals surface area contributed by atoms with Crippen molar-refractivity contribution in [1.29, 1.82) is 5.41 Å². The van der Waals surface area contributed by atoms with Crippen LogP contribution < -0.4 is 10.6 Å². The molecule has 3 nitrogen and oxygen atoms in total. The third-order valence-electron chi connectivity index (χ3n) is 2.88. The SMILES string of the molecule is CCC(C)CN(C)c1cccc(C(=N)N)c1. The first-order valence-corrected chi connectivity index (χ1v) is 5.70. The number of hydrogen-bond donors (Lipinski definition) is 2. The molecule has 1 unspecified atom stereocenters. The Morgan fingerprint density at radius 1 is 1.50 bits per heavy atom. The molecule has 0 amide bonds. The normalized spacial score (nSPS) is 12.2. The van der Waals surface area contributed by atoms with E-state index in [1.165, 1.54) is 6.42 Å². The van der Waals surface area contributed by atoms with Gasteiger partial charge in [0.05, 0.1) is 0 Å². The fourth-order valence-electron chi connectivity index (χ4n) is 1.61. The van der Waals surface area contributed by atoms with Crippen LogP contribution in [0.15, 0.2) is 24.3 Å². The van der Waals surface area contributed by atoms with Crippen LogP contribution in [0.1, 0.15) is 25.8 Å². The molecule has 1 rings (SSSR count). The third kappa shape index (κ3) is 3.26. The van der Waals surface area contributed by atoms with Gasteiger partial charge in [0.15, 0.2) is 0 Å². The van der Waals surface area contributed by atoms with Gasteiger partial charge in [-0.25, -0.2) is 0 Å². The highest BCUT2D eigenvalue weighted by Crippen LogP contribution is 2.16. The number of nitrogens with one attached hydrogen (secondary N) is 1. The molecule has 16 heavy (non-hydrogen) atoms. The summed E-state index contributed by atoms with van der Waals surface area (Å²) in [6.07, 6.45) is 1.18. The molecule has 88 valence electrons. The monoisotopic (exact) mass is 219 g/mol. The standard InChI is InChI=1S/C13H21N3/c1-4-10(2)9-16(3)12-7-5-6-11(8-12)13(14)15/h5-8,10H,4,9H2,1-3H3,(H3,14,15). The first-order chi connectivity index (χ1) is 7.54. The Morgan fingerprint density at radius 3 is 2.75 bits per heavy atom. The van der Waals surface area contributed by atoms with Crippen LogP contribution in [0.25, 0.3) is 0 Å². The van der Waals surface area contributed by atoms with Crippen LogP contribution in [0.2, 0.25) is 0 Å². The number of nitrogens with two attached hydrogens (primary N) is 1. The van der Waals surface area contributed by atoms with Crippen LogP contribution in [0.4, 0.5) is 5.69 Å². The van der Waals surface area contributed by atoms with Crippen LogP contribution in [0, 0.1) is 11.3 Å². The van der Waals surface area contributed by atoms with E-state index < -0.39 is 0 Å². The lowest BCUT2D eigenvalue weighted by Crippen LogP contribution is -2.24.